The number of anilines is 1. The van der Waals surface area contributed by atoms with Gasteiger partial charge in [-0.2, -0.15) is 13.2 Å². The summed E-state index contributed by atoms with van der Waals surface area (Å²) in [5.74, 6) is -2.39. The van der Waals surface area contributed by atoms with Crippen LogP contribution < -0.4 is 5.73 Å². The van der Waals surface area contributed by atoms with E-state index in [4.69, 9.17) is 5.73 Å². The van der Waals surface area contributed by atoms with Gasteiger partial charge in [-0.05, 0) is 18.2 Å². The predicted molar refractivity (Wildman–Crippen MR) is 54.9 cm³/mol. The summed E-state index contributed by atoms with van der Waals surface area (Å²) < 4.78 is 75.5. The molecule has 9 heteroatoms. The quantitative estimate of drug-likeness (QED) is 0.676. The van der Waals surface area contributed by atoms with Crippen molar-refractivity contribution >= 4 is 15.5 Å². The topological polar surface area (TPSA) is 69.4 Å². The number of ether oxygens (including phenoxy) is 1. The summed E-state index contributed by atoms with van der Waals surface area (Å²) >= 11 is 0. The number of rotatable bonds is 4. The Labute approximate surface area is 100 Å². The van der Waals surface area contributed by atoms with Crippen molar-refractivity contribution in [2.24, 2.45) is 0 Å². The van der Waals surface area contributed by atoms with Crippen LogP contribution in [0.5, 0.6) is 0 Å². The Kier molecular flexibility index (Phi) is 4.17. The molecular weight excluding hydrogens is 278 g/mol. The molecule has 0 aliphatic carbocycles. The molecule has 1 aromatic carbocycles. The van der Waals surface area contributed by atoms with Gasteiger partial charge in [0.15, 0.2) is 5.94 Å². The zero-order valence-corrected chi connectivity index (χ0v) is 9.68. The van der Waals surface area contributed by atoms with Crippen molar-refractivity contribution in [3.8, 4) is 0 Å². The molecule has 0 bridgehead atoms. The highest BCUT2D eigenvalue weighted by atomic mass is 32.2. The average molecular weight is 287 g/mol. The Bertz CT molecular complexity index is 527. The summed E-state index contributed by atoms with van der Waals surface area (Å²) in [6.45, 7) is -1.72. The minimum Gasteiger partial charge on any atom is -0.399 e. The van der Waals surface area contributed by atoms with Gasteiger partial charge in [-0.15, -0.1) is 0 Å². The van der Waals surface area contributed by atoms with Gasteiger partial charge >= 0.3 is 6.18 Å². The molecule has 102 valence electrons. The van der Waals surface area contributed by atoms with Gasteiger partial charge in [0.05, 0.1) is 0 Å². The van der Waals surface area contributed by atoms with E-state index in [0.717, 1.165) is 18.2 Å². The van der Waals surface area contributed by atoms with E-state index in [0.29, 0.717) is 0 Å². The minimum atomic E-state index is -4.64. The van der Waals surface area contributed by atoms with Crippen molar-refractivity contribution in [2.75, 3.05) is 18.3 Å². The van der Waals surface area contributed by atoms with Crippen LogP contribution in [0.4, 0.5) is 23.2 Å². The third-order valence-corrected chi connectivity index (χ3v) is 3.27. The highest BCUT2D eigenvalue weighted by molar-refractivity contribution is 7.91. The first-order valence-corrected chi connectivity index (χ1v) is 6.19. The maximum absolute atomic E-state index is 13.3. The maximum atomic E-state index is 13.3. The normalized spacial score (nSPS) is 12.7. The van der Waals surface area contributed by atoms with E-state index in [1.165, 1.54) is 0 Å². The molecule has 0 atom stereocenters. The van der Waals surface area contributed by atoms with Crippen LogP contribution in [0.3, 0.4) is 0 Å². The molecule has 2 N–H and O–H groups in total. The lowest BCUT2D eigenvalue weighted by Crippen LogP contribution is -2.21. The Morgan fingerprint density at radius 3 is 2.39 bits per heavy atom. The van der Waals surface area contributed by atoms with E-state index in [-0.39, 0.29) is 5.69 Å². The van der Waals surface area contributed by atoms with Gasteiger partial charge < -0.3 is 10.5 Å². The number of alkyl halides is 3. The van der Waals surface area contributed by atoms with E-state index in [2.05, 4.69) is 4.74 Å². The lowest BCUT2D eigenvalue weighted by atomic mass is 10.3. The molecule has 0 aromatic heterocycles. The van der Waals surface area contributed by atoms with Crippen LogP contribution in [0.25, 0.3) is 0 Å². The van der Waals surface area contributed by atoms with Gasteiger partial charge in [-0.25, -0.2) is 12.8 Å². The summed E-state index contributed by atoms with van der Waals surface area (Å²) in [7, 11) is -4.28. The smallest absolute Gasteiger partial charge is 0.399 e. The number of sulfone groups is 1. The van der Waals surface area contributed by atoms with Gasteiger partial charge in [0, 0.05) is 5.69 Å². The molecule has 0 aliphatic heterocycles. The molecule has 18 heavy (non-hydrogen) atoms. The van der Waals surface area contributed by atoms with Gasteiger partial charge in [-0.1, -0.05) is 0 Å². The van der Waals surface area contributed by atoms with E-state index < -0.39 is 39.3 Å². The first kappa shape index (κ1) is 14.7. The van der Waals surface area contributed by atoms with Crippen LogP contribution in [0, 0.1) is 5.82 Å². The van der Waals surface area contributed by atoms with Crippen LogP contribution in [-0.4, -0.2) is 27.1 Å². The standard InChI is InChI=1S/C9H9F4NO3S/c10-7-3-6(14)1-2-8(7)18(15,16)5-17-4-9(11,12)13/h1-3H,4-5,14H2. The second-order valence-electron chi connectivity index (χ2n) is 3.39. The molecule has 0 saturated carbocycles. The first-order valence-electron chi connectivity index (χ1n) is 4.54. The van der Waals surface area contributed by atoms with E-state index in [1.807, 2.05) is 0 Å². The van der Waals surface area contributed by atoms with Crippen molar-refractivity contribution in [1.29, 1.82) is 0 Å². The minimum absolute atomic E-state index is 0.00246. The van der Waals surface area contributed by atoms with Crippen LogP contribution in [0.15, 0.2) is 23.1 Å². The first-order chi connectivity index (χ1) is 8.12. The molecule has 0 spiro atoms. The third-order valence-electron chi connectivity index (χ3n) is 1.80. The van der Waals surface area contributed by atoms with E-state index in [9.17, 15) is 26.0 Å². The number of hydrogen-bond acceptors (Lipinski definition) is 4. The fraction of sp³-hybridized carbons (Fsp3) is 0.333. The Morgan fingerprint density at radius 2 is 1.89 bits per heavy atom. The molecule has 1 aromatic rings. The van der Waals surface area contributed by atoms with Crippen molar-refractivity contribution in [1.82, 2.24) is 0 Å². The third kappa shape index (κ3) is 4.15. The fourth-order valence-electron chi connectivity index (χ4n) is 1.10. The summed E-state index contributed by atoms with van der Waals surface area (Å²) in [5.41, 5.74) is 5.22. The lowest BCUT2D eigenvalue weighted by molar-refractivity contribution is -0.169. The molecule has 0 aliphatic rings. The number of nitrogen functional groups attached to an aromatic ring is 1. The predicted octanol–water partition coefficient (Wildman–Crippen LogP) is 1.72. The summed E-state index contributed by atoms with van der Waals surface area (Å²) in [6, 6.07) is 2.76. The molecule has 1 rings (SSSR count). The fourth-order valence-corrected chi connectivity index (χ4v) is 2.16. The van der Waals surface area contributed by atoms with Crippen LogP contribution in [0.1, 0.15) is 0 Å². The highest BCUT2D eigenvalue weighted by Crippen LogP contribution is 2.20. The molecule has 0 heterocycles. The molecule has 0 radical (unpaired) electrons. The molecule has 0 saturated heterocycles. The largest absolute Gasteiger partial charge is 0.411 e. The summed E-state index contributed by atoms with van der Waals surface area (Å²) in [4.78, 5) is -0.751. The molecule has 4 nitrogen and oxygen atoms in total. The van der Waals surface area contributed by atoms with Gasteiger partial charge in [0.25, 0.3) is 0 Å². The molecule has 0 fully saturated rings. The van der Waals surface area contributed by atoms with Crippen molar-refractivity contribution in [3.05, 3.63) is 24.0 Å². The average Bonchev–Trinajstić information content (AvgIpc) is 2.13. The van der Waals surface area contributed by atoms with Gasteiger partial charge in [-0.3, -0.25) is 0 Å². The van der Waals surface area contributed by atoms with Gasteiger partial charge in [0.2, 0.25) is 9.84 Å². The zero-order chi connectivity index (χ0) is 14.0. The zero-order valence-electron chi connectivity index (χ0n) is 8.87. The highest BCUT2D eigenvalue weighted by Gasteiger charge is 2.29. The Hall–Kier alpha value is -1.35. The van der Waals surface area contributed by atoms with E-state index >= 15 is 0 Å². The van der Waals surface area contributed by atoms with Crippen LogP contribution in [-0.2, 0) is 14.6 Å². The number of nitrogens with two attached hydrogens (primary N) is 1. The van der Waals surface area contributed by atoms with Crippen LogP contribution in [0.2, 0.25) is 0 Å². The maximum Gasteiger partial charge on any atom is 0.411 e. The Balaban J connectivity index is 2.81. The molecule has 0 unspecified atom stereocenters. The van der Waals surface area contributed by atoms with Gasteiger partial charge in [0.1, 0.15) is 17.3 Å². The van der Waals surface area contributed by atoms with Crippen LogP contribution >= 0.6 is 0 Å². The number of halogens is 4. The molecule has 0 amide bonds. The van der Waals surface area contributed by atoms with E-state index in [1.54, 1.807) is 0 Å². The monoisotopic (exact) mass is 287 g/mol. The lowest BCUT2D eigenvalue weighted by Gasteiger charge is -2.09. The van der Waals surface area contributed by atoms with Crippen molar-refractivity contribution in [2.45, 2.75) is 11.1 Å². The molecular formula is C9H9F4NO3S. The Morgan fingerprint density at radius 1 is 1.28 bits per heavy atom. The second-order valence-corrected chi connectivity index (χ2v) is 5.29. The van der Waals surface area contributed by atoms with Crippen molar-refractivity contribution in [3.63, 3.8) is 0 Å². The SMILES string of the molecule is Nc1ccc(S(=O)(=O)COCC(F)(F)F)c(F)c1. The van der Waals surface area contributed by atoms with Crippen molar-refractivity contribution < 1.29 is 30.7 Å². The summed E-state index contributed by atoms with van der Waals surface area (Å²) in [6.07, 6.45) is -4.64. The second kappa shape index (κ2) is 5.11. The number of hydrogen-bond donors (Lipinski definition) is 1. The number of benzene rings is 1. The summed E-state index contributed by atoms with van der Waals surface area (Å²) in [5, 5.41) is 0.